The molecule has 0 saturated carbocycles. The summed E-state index contributed by atoms with van der Waals surface area (Å²) < 4.78 is 10.7. The van der Waals surface area contributed by atoms with Crippen LogP contribution in [0.3, 0.4) is 0 Å². The number of hydrogen-bond donors (Lipinski definition) is 0. The van der Waals surface area contributed by atoms with Gasteiger partial charge in [-0.1, -0.05) is 0 Å². The number of carbonyl (C=O) groups excluding carboxylic acids is 1. The van der Waals surface area contributed by atoms with E-state index in [1.165, 1.54) is 0 Å². The van der Waals surface area contributed by atoms with Crippen molar-refractivity contribution in [3.63, 3.8) is 0 Å². The quantitative estimate of drug-likeness (QED) is 0.787. The monoisotopic (exact) mass is 258 g/mol. The van der Waals surface area contributed by atoms with Crippen LogP contribution in [0.15, 0.2) is 24.3 Å². The second kappa shape index (κ2) is 5.48. The van der Waals surface area contributed by atoms with Gasteiger partial charge < -0.3 is 9.47 Å². The molecule has 0 atom stereocenters. The van der Waals surface area contributed by atoms with Gasteiger partial charge in [-0.25, -0.2) is 0 Å². The third kappa shape index (κ3) is 2.40. The van der Waals surface area contributed by atoms with E-state index in [1.54, 1.807) is 26.4 Å². The fourth-order valence-electron chi connectivity index (χ4n) is 1.91. The third-order valence-electron chi connectivity index (χ3n) is 2.86. The van der Waals surface area contributed by atoms with Crippen LogP contribution in [0.2, 0.25) is 0 Å². The molecule has 19 heavy (non-hydrogen) atoms. The molecule has 0 spiro atoms. The van der Waals surface area contributed by atoms with Gasteiger partial charge in [-0.2, -0.15) is 0 Å². The number of rotatable bonds is 4. The number of carbonyl (C=O) groups is 1. The number of methoxy groups -OCH3 is 2. The number of nitrogens with zero attached hydrogens (tertiary/aromatic N) is 2. The molecule has 0 saturated heterocycles. The molecule has 2 aromatic rings. The minimum absolute atomic E-state index is 0.299. The van der Waals surface area contributed by atoms with E-state index in [4.69, 9.17) is 9.47 Å². The molecule has 0 aliphatic rings. The fraction of sp³-hybridized carbons (Fsp3) is 0.214. The number of ether oxygens (including phenoxy) is 2. The minimum Gasteiger partial charge on any atom is -0.496 e. The van der Waals surface area contributed by atoms with Crippen molar-refractivity contribution in [1.29, 1.82) is 0 Å². The molecule has 0 fully saturated rings. The first-order chi connectivity index (χ1) is 9.21. The van der Waals surface area contributed by atoms with Crippen LogP contribution >= 0.6 is 0 Å². The Hall–Kier alpha value is -2.43. The smallest absolute Gasteiger partial charge is 0.170 e. The highest BCUT2D eigenvalue weighted by molar-refractivity contribution is 5.74. The molecule has 5 nitrogen and oxygen atoms in total. The van der Waals surface area contributed by atoms with Crippen LogP contribution in [-0.2, 0) is 0 Å². The normalized spacial score (nSPS) is 10.1. The summed E-state index contributed by atoms with van der Waals surface area (Å²) >= 11 is 0. The predicted octanol–water partition coefficient (Wildman–Crippen LogP) is 2.28. The summed E-state index contributed by atoms with van der Waals surface area (Å²) in [6.07, 6.45) is 0.660. The lowest BCUT2D eigenvalue weighted by Gasteiger charge is -2.13. The van der Waals surface area contributed by atoms with Gasteiger partial charge in [0.2, 0.25) is 0 Å². The molecule has 1 heterocycles. The van der Waals surface area contributed by atoms with Crippen molar-refractivity contribution in [2.24, 2.45) is 0 Å². The number of aromatic nitrogens is 2. The lowest BCUT2D eigenvalue weighted by atomic mass is 10.1. The van der Waals surface area contributed by atoms with E-state index < -0.39 is 0 Å². The highest BCUT2D eigenvalue weighted by Gasteiger charge is 2.14. The van der Waals surface area contributed by atoms with Gasteiger partial charge in [-0.3, -0.25) is 4.79 Å². The van der Waals surface area contributed by atoms with E-state index in [-0.39, 0.29) is 0 Å². The molecule has 98 valence electrons. The first-order valence-corrected chi connectivity index (χ1v) is 5.72. The molecular weight excluding hydrogens is 244 g/mol. The van der Waals surface area contributed by atoms with E-state index in [9.17, 15) is 4.79 Å². The van der Waals surface area contributed by atoms with Crippen molar-refractivity contribution >= 4 is 6.29 Å². The van der Waals surface area contributed by atoms with Gasteiger partial charge in [-0.15, -0.1) is 10.2 Å². The second-order valence-corrected chi connectivity index (χ2v) is 3.93. The molecule has 0 aliphatic heterocycles. The minimum atomic E-state index is 0.299. The van der Waals surface area contributed by atoms with Gasteiger partial charge in [0.1, 0.15) is 17.2 Å². The summed E-state index contributed by atoms with van der Waals surface area (Å²) in [5.41, 5.74) is 2.65. The van der Waals surface area contributed by atoms with E-state index >= 15 is 0 Å². The van der Waals surface area contributed by atoms with Crippen LogP contribution in [-0.4, -0.2) is 30.7 Å². The van der Waals surface area contributed by atoms with E-state index in [2.05, 4.69) is 10.2 Å². The summed E-state index contributed by atoms with van der Waals surface area (Å²) in [7, 11) is 3.21. The predicted molar refractivity (Wildman–Crippen MR) is 70.7 cm³/mol. The Morgan fingerprint density at radius 2 is 1.84 bits per heavy atom. The number of benzene rings is 1. The van der Waals surface area contributed by atoms with Gasteiger partial charge in [0.05, 0.1) is 19.9 Å². The molecule has 1 aromatic heterocycles. The van der Waals surface area contributed by atoms with Crippen molar-refractivity contribution in [2.75, 3.05) is 14.2 Å². The molecule has 0 bridgehead atoms. The molecule has 2 rings (SSSR count). The van der Waals surface area contributed by atoms with Crippen LogP contribution in [0.4, 0.5) is 0 Å². The molecule has 0 unspecified atom stereocenters. The standard InChI is InChI=1S/C14H14N2O3/c1-9-13(18-2)7-5-11(14(9)19-3)12-6-4-10(8-17)15-16-12/h4-8H,1-3H3. The molecule has 0 amide bonds. The Bertz CT molecular complexity index is 594. The van der Waals surface area contributed by atoms with Gasteiger partial charge in [0.25, 0.3) is 0 Å². The SMILES string of the molecule is COc1ccc(-c2ccc(C=O)nn2)c(OC)c1C. The summed E-state index contributed by atoms with van der Waals surface area (Å²) in [6, 6.07) is 7.06. The molecule has 5 heteroatoms. The maximum Gasteiger partial charge on any atom is 0.170 e. The molecule has 0 N–H and O–H groups in total. The summed E-state index contributed by atoms with van der Waals surface area (Å²) in [6.45, 7) is 1.91. The van der Waals surface area contributed by atoms with Crippen molar-refractivity contribution in [1.82, 2.24) is 10.2 Å². The Morgan fingerprint density at radius 3 is 2.37 bits per heavy atom. The lowest BCUT2D eigenvalue weighted by Crippen LogP contribution is -1.98. The zero-order chi connectivity index (χ0) is 13.8. The second-order valence-electron chi connectivity index (χ2n) is 3.93. The van der Waals surface area contributed by atoms with Gasteiger partial charge >= 0.3 is 0 Å². The van der Waals surface area contributed by atoms with Crippen LogP contribution in [0.5, 0.6) is 11.5 Å². The van der Waals surface area contributed by atoms with E-state index in [1.807, 2.05) is 19.1 Å². The number of aldehydes is 1. The highest BCUT2D eigenvalue weighted by atomic mass is 16.5. The maximum atomic E-state index is 10.6. The largest absolute Gasteiger partial charge is 0.496 e. The molecule has 0 aliphatic carbocycles. The van der Waals surface area contributed by atoms with E-state index in [0.29, 0.717) is 23.4 Å². The molecular formula is C14H14N2O3. The summed E-state index contributed by atoms with van der Waals surface area (Å²) in [4.78, 5) is 10.6. The van der Waals surface area contributed by atoms with Gasteiger partial charge in [0, 0.05) is 11.1 Å². The third-order valence-corrected chi connectivity index (χ3v) is 2.86. The van der Waals surface area contributed by atoms with Crippen LogP contribution in [0.25, 0.3) is 11.3 Å². The average Bonchev–Trinajstić information content (AvgIpc) is 2.47. The highest BCUT2D eigenvalue weighted by Crippen LogP contribution is 2.36. The first-order valence-electron chi connectivity index (χ1n) is 5.72. The summed E-state index contributed by atoms with van der Waals surface area (Å²) in [5, 5.41) is 7.84. The average molecular weight is 258 g/mol. The Labute approximate surface area is 111 Å². The van der Waals surface area contributed by atoms with Gasteiger partial charge in [-0.05, 0) is 31.2 Å². The van der Waals surface area contributed by atoms with Crippen molar-refractivity contribution < 1.29 is 14.3 Å². The van der Waals surface area contributed by atoms with Crippen LogP contribution in [0, 0.1) is 6.92 Å². The maximum absolute atomic E-state index is 10.6. The molecule has 1 aromatic carbocycles. The van der Waals surface area contributed by atoms with E-state index in [0.717, 1.165) is 16.9 Å². The first kappa shape index (κ1) is 13.0. The topological polar surface area (TPSA) is 61.3 Å². The van der Waals surface area contributed by atoms with Crippen molar-refractivity contribution in [2.45, 2.75) is 6.92 Å². The Balaban J connectivity index is 2.54. The van der Waals surface area contributed by atoms with Crippen molar-refractivity contribution in [3.05, 3.63) is 35.5 Å². The van der Waals surface area contributed by atoms with Crippen LogP contribution in [0.1, 0.15) is 16.1 Å². The number of hydrogen-bond acceptors (Lipinski definition) is 5. The Morgan fingerprint density at radius 1 is 1.05 bits per heavy atom. The molecule has 0 radical (unpaired) electrons. The zero-order valence-electron chi connectivity index (χ0n) is 11.0. The Kier molecular flexibility index (Phi) is 3.75. The lowest BCUT2D eigenvalue weighted by molar-refractivity contribution is 0.111. The van der Waals surface area contributed by atoms with Crippen molar-refractivity contribution in [3.8, 4) is 22.8 Å². The summed E-state index contributed by atoms with van der Waals surface area (Å²) in [5.74, 6) is 1.44. The fourth-order valence-corrected chi connectivity index (χ4v) is 1.91. The zero-order valence-corrected chi connectivity index (χ0v) is 11.0. The van der Waals surface area contributed by atoms with Crippen LogP contribution < -0.4 is 9.47 Å². The van der Waals surface area contributed by atoms with Gasteiger partial charge in [0.15, 0.2) is 6.29 Å².